The van der Waals surface area contributed by atoms with Crippen LogP contribution in [0.3, 0.4) is 0 Å². The Morgan fingerprint density at radius 3 is 2.31 bits per heavy atom. The Bertz CT molecular complexity index is 355. The van der Waals surface area contributed by atoms with Gasteiger partial charge in [-0.25, -0.2) is 8.78 Å². The third-order valence-corrected chi connectivity index (χ3v) is 2.47. The average molecular weight is 229 g/mol. The molecule has 0 aromatic heterocycles. The van der Waals surface area contributed by atoms with Crippen LogP contribution in [-0.4, -0.2) is 19.3 Å². The molecule has 1 aliphatic rings. The van der Waals surface area contributed by atoms with Crippen molar-refractivity contribution in [2.24, 2.45) is 0 Å². The molecule has 1 aromatic rings. The van der Waals surface area contributed by atoms with Gasteiger partial charge in [0, 0.05) is 30.7 Å². The second-order valence-electron chi connectivity index (χ2n) is 3.74. The van der Waals surface area contributed by atoms with E-state index in [-0.39, 0.29) is 17.5 Å². The van der Waals surface area contributed by atoms with Crippen LogP contribution in [0.2, 0.25) is 0 Å². The lowest BCUT2D eigenvalue weighted by molar-refractivity contribution is 0.0223. The van der Waals surface area contributed by atoms with E-state index in [2.05, 4.69) is 0 Å². The zero-order chi connectivity index (χ0) is 11.5. The molecule has 2 rings (SSSR count). The number of rotatable bonds is 2. The summed E-state index contributed by atoms with van der Waals surface area (Å²) in [5.74, 6) is -1.87. The summed E-state index contributed by atoms with van der Waals surface area (Å²) in [4.78, 5) is 0. The molecule has 0 radical (unpaired) electrons. The summed E-state index contributed by atoms with van der Waals surface area (Å²) in [7, 11) is 0. The molecular formula is C11H13F2NO2. The van der Waals surface area contributed by atoms with Crippen molar-refractivity contribution in [3.05, 3.63) is 23.8 Å². The molecule has 0 bridgehead atoms. The molecule has 16 heavy (non-hydrogen) atoms. The number of nitrogen functional groups attached to an aromatic ring is 1. The number of benzene rings is 1. The Labute approximate surface area is 92.1 Å². The minimum absolute atomic E-state index is 0.0503. The lowest BCUT2D eigenvalue weighted by Crippen LogP contribution is -2.26. The van der Waals surface area contributed by atoms with Gasteiger partial charge in [-0.1, -0.05) is 0 Å². The lowest BCUT2D eigenvalue weighted by atomic mass is 10.1. The molecule has 0 aliphatic carbocycles. The molecule has 0 amide bonds. The fraction of sp³-hybridized carbons (Fsp3) is 0.455. The van der Waals surface area contributed by atoms with Crippen LogP contribution < -0.4 is 10.5 Å². The standard InChI is InChI=1S/C11H13F2NO2/c12-9-5-7(14)6-10(13)11(9)16-8-1-3-15-4-2-8/h5-6,8H,1-4,14H2. The smallest absolute Gasteiger partial charge is 0.191 e. The summed E-state index contributed by atoms with van der Waals surface area (Å²) in [5, 5.41) is 0. The number of hydrogen-bond acceptors (Lipinski definition) is 3. The van der Waals surface area contributed by atoms with Crippen LogP contribution in [0, 0.1) is 11.6 Å². The van der Waals surface area contributed by atoms with Crippen LogP contribution >= 0.6 is 0 Å². The van der Waals surface area contributed by atoms with Crippen molar-refractivity contribution in [2.45, 2.75) is 18.9 Å². The first-order valence-corrected chi connectivity index (χ1v) is 5.16. The zero-order valence-corrected chi connectivity index (χ0v) is 8.71. The number of nitrogens with two attached hydrogens (primary N) is 1. The minimum atomic E-state index is -0.760. The first kappa shape index (κ1) is 11.1. The van der Waals surface area contributed by atoms with Crippen molar-refractivity contribution < 1.29 is 18.3 Å². The third kappa shape index (κ3) is 2.41. The molecule has 1 aliphatic heterocycles. The van der Waals surface area contributed by atoms with Gasteiger partial charge in [-0.3, -0.25) is 0 Å². The minimum Gasteiger partial charge on any atom is -0.484 e. The van der Waals surface area contributed by atoms with Crippen LogP contribution in [0.15, 0.2) is 12.1 Å². The van der Waals surface area contributed by atoms with Gasteiger partial charge < -0.3 is 15.2 Å². The van der Waals surface area contributed by atoms with Gasteiger partial charge >= 0.3 is 0 Å². The van der Waals surface area contributed by atoms with Crippen molar-refractivity contribution in [3.8, 4) is 5.75 Å². The fourth-order valence-electron chi connectivity index (χ4n) is 1.65. The van der Waals surface area contributed by atoms with Crippen LogP contribution in [0.5, 0.6) is 5.75 Å². The highest BCUT2D eigenvalue weighted by molar-refractivity contribution is 5.44. The van der Waals surface area contributed by atoms with Gasteiger partial charge in [-0.15, -0.1) is 0 Å². The summed E-state index contributed by atoms with van der Waals surface area (Å²) in [6.45, 7) is 1.12. The zero-order valence-electron chi connectivity index (χ0n) is 8.71. The maximum absolute atomic E-state index is 13.4. The summed E-state index contributed by atoms with van der Waals surface area (Å²) < 4.78 is 37.2. The van der Waals surface area contributed by atoms with Gasteiger partial charge in [0.2, 0.25) is 0 Å². The molecule has 88 valence electrons. The number of anilines is 1. The van der Waals surface area contributed by atoms with E-state index in [1.807, 2.05) is 0 Å². The SMILES string of the molecule is Nc1cc(F)c(OC2CCOCC2)c(F)c1. The van der Waals surface area contributed by atoms with Crippen molar-refractivity contribution in [3.63, 3.8) is 0 Å². The second-order valence-corrected chi connectivity index (χ2v) is 3.74. The van der Waals surface area contributed by atoms with Crippen molar-refractivity contribution >= 4 is 5.69 Å². The monoisotopic (exact) mass is 229 g/mol. The first-order chi connectivity index (χ1) is 7.66. The molecule has 2 N–H and O–H groups in total. The molecule has 1 fully saturated rings. The van der Waals surface area contributed by atoms with E-state index in [0.717, 1.165) is 12.1 Å². The highest BCUT2D eigenvalue weighted by Crippen LogP contribution is 2.27. The average Bonchev–Trinajstić information content (AvgIpc) is 2.25. The number of hydrogen-bond donors (Lipinski definition) is 1. The summed E-state index contributed by atoms with van der Waals surface area (Å²) in [6.07, 6.45) is 1.09. The van der Waals surface area contributed by atoms with Gasteiger partial charge in [0.25, 0.3) is 0 Å². The largest absolute Gasteiger partial charge is 0.484 e. The fourth-order valence-corrected chi connectivity index (χ4v) is 1.65. The maximum Gasteiger partial charge on any atom is 0.191 e. The van der Waals surface area contributed by atoms with E-state index in [1.165, 1.54) is 0 Å². The Morgan fingerprint density at radius 2 is 1.75 bits per heavy atom. The Hall–Kier alpha value is -1.36. The van der Waals surface area contributed by atoms with Crippen LogP contribution in [0.1, 0.15) is 12.8 Å². The molecule has 0 atom stereocenters. The summed E-state index contributed by atoms with van der Waals surface area (Å²) in [5.41, 5.74) is 5.36. The molecule has 1 heterocycles. The van der Waals surface area contributed by atoms with Gasteiger partial charge in [0.1, 0.15) is 6.10 Å². The molecule has 1 saturated heterocycles. The van der Waals surface area contributed by atoms with Gasteiger partial charge in [0.15, 0.2) is 17.4 Å². The maximum atomic E-state index is 13.4. The Kier molecular flexibility index (Phi) is 3.24. The van der Waals surface area contributed by atoms with Gasteiger partial charge in [-0.05, 0) is 0 Å². The molecule has 5 heteroatoms. The normalized spacial score (nSPS) is 17.4. The van der Waals surface area contributed by atoms with Crippen LogP contribution in [0.4, 0.5) is 14.5 Å². The lowest BCUT2D eigenvalue weighted by Gasteiger charge is -2.23. The topological polar surface area (TPSA) is 44.5 Å². The molecule has 0 unspecified atom stereocenters. The highest BCUT2D eigenvalue weighted by atomic mass is 19.1. The highest BCUT2D eigenvalue weighted by Gasteiger charge is 2.20. The molecule has 0 saturated carbocycles. The van der Waals surface area contributed by atoms with E-state index in [4.69, 9.17) is 15.2 Å². The Balaban J connectivity index is 2.14. The van der Waals surface area contributed by atoms with Gasteiger partial charge in [0.05, 0.1) is 13.2 Å². The molecule has 0 spiro atoms. The summed E-state index contributed by atoms with van der Waals surface area (Å²) >= 11 is 0. The number of ether oxygens (including phenoxy) is 2. The van der Waals surface area contributed by atoms with E-state index in [9.17, 15) is 8.78 Å². The second kappa shape index (κ2) is 4.65. The van der Waals surface area contributed by atoms with E-state index >= 15 is 0 Å². The first-order valence-electron chi connectivity index (χ1n) is 5.16. The van der Waals surface area contributed by atoms with Crippen molar-refractivity contribution in [1.82, 2.24) is 0 Å². The third-order valence-electron chi connectivity index (χ3n) is 2.47. The predicted octanol–water partition coefficient (Wildman–Crippen LogP) is 2.10. The van der Waals surface area contributed by atoms with Gasteiger partial charge in [-0.2, -0.15) is 0 Å². The quantitative estimate of drug-likeness (QED) is 0.790. The van der Waals surface area contributed by atoms with E-state index < -0.39 is 11.6 Å². The van der Waals surface area contributed by atoms with Crippen molar-refractivity contribution in [2.75, 3.05) is 18.9 Å². The molecular weight excluding hydrogens is 216 g/mol. The molecule has 3 nitrogen and oxygen atoms in total. The van der Waals surface area contributed by atoms with Crippen LogP contribution in [-0.2, 0) is 4.74 Å². The molecule has 1 aromatic carbocycles. The Morgan fingerprint density at radius 1 is 1.19 bits per heavy atom. The van der Waals surface area contributed by atoms with Crippen molar-refractivity contribution in [1.29, 1.82) is 0 Å². The number of halogens is 2. The van der Waals surface area contributed by atoms with E-state index in [0.29, 0.717) is 26.1 Å². The van der Waals surface area contributed by atoms with Crippen LogP contribution in [0.25, 0.3) is 0 Å². The predicted molar refractivity (Wildman–Crippen MR) is 55.2 cm³/mol. The van der Waals surface area contributed by atoms with E-state index in [1.54, 1.807) is 0 Å². The summed E-state index contributed by atoms with van der Waals surface area (Å²) in [6, 6.07) is 2.11.